The van der Waals surface area contributed by atoms with Crippen LogP contribution in [0.1, 0.15) is 60.3 Å². The van der Waals surface area contributed by atoms with Crippen LogP contribution >= 0.6 is 11.8 Å². The number of carbonyl (C=O) groups is 2. The Balaban J connectivity index is 1.16. The molecule has 1 aliphatic heterocycles. The molecule has 0 unspecified atom stereocenters. The highest BCUT2D eigenvalue weighted by Crippen LogP contribution is 2.40. The molecule has 2 amide bonds. The van der Waals surface area contributed by atoms with Crippen LogP contribution in [0.5, 0.6) is 0 Å². The summed E-state index contributed by atoms with van der Waals surface area (Å²) in [5.41, 5.74) is 8.07. The van der Waals surface area contributed by atoms with E-state index >= 15 is 0 Å². The number of tetrazole rings is 1. The van der Waals surface area contributed by atoms with Gasteiger partial charge in [-0.1, -0.05) is 103 Å². The number of aliphatic hydroxyl groups excluding tert-OH is 1. The third-order valence-corrected chi connectivity index (χ3v) is 9.43. The van der Waals surface area contributed by atoms with E-state index in [4.69, 9.17) is 14.7 Å². The number of nitrogens with zero attached hydrogens (tertiary/aromatic N) is 4. The van der Waals surface area contributed by atoms with Gasteiger partial charge < -0.3 is 19.9 Å². The van der Waals surface area contributed by atoms with E-state index in [1.54, 1.807) is 10.2 Å². The molecule has 50 heavy (non-hydrogen) atoms. The zero-order valence-corrected chi connectivity index (χ0v) is 28.0. The van der Waals surface area contributed by atoms with Gasteiger partial charge in [-0.15, -0.1) is 5.10 Å². The van der Waals surface area contributed by atoms with E-state index in [9.17, 15) is 14.7 Å². The predicted octanol–water partition coefficient (Wildman–Crippen LogP) is 5.45. The molecule has 1 aliphatic rings. The number of benzene rings is 4. The van der Waals surface area contributed by atoms with Crippen molar-refractivity contribution in [2.24, 2.45) is 0 Å². The molecule has 0 aliphatic carbocycles. The molecule has 1 fully saturated rings. The first-order valence-corrected chi connectivity index (χ1v) is 17.3. The maximum Gasteiger partial charge on any atom is 0.243 e. The van der Waals surface area contributed by atoms with Crippen LogP contribution in [0.25, 0.3) is 16.8 Å². The summed E-state index contributed by atoms with van der Waals surface area (Å²) in [4.78, 5) is 23.6. The molecular formula is C37H38N6O6S. The fourth-order valence-corrected chi connectivity index (χ4v) is 6.62. The van der Waals surface area contributed by atoms with Gasteiger partial charge in [-0.3, -0.25) is 14.8 Å². The molecule has 0 spiro atoms. The number of hydrogen-bond donors (Lipinski definition) is 4. The van der Waals surface area contributed by atoms with Crippen molar-refractivity contribution in [3.63, 3.8) is 0 Å². The lowest BCUT2D eigenvalue weighted by Crippen LogP contribution is -2.31. The molecule has 5 aromatic rings. The van der Waals surface area contributed by atoms with Crippen LogP contribution in [0.2, 0.25) is 0 Å². The number of para-hydroxylation sites is 1. The van der Waals surface area contributed by atoms with Crippen molar-refractivity contribution < 1.29 is 29.4 Å². The van der Waals surface area contributed by atoms with E-state index in [0.29, 0.717) is 30.3 Å². The molecule has 2 heterocycles. The highest BCUT2D eigenvalue weighted by Gasteiger charge is 2.32. The van der Waals surface area contributed by atoms with Crippen molar-refractivity contribution in [2.75, 3.05) is 5.75 Å². The van der Waals surface area contributed by atoms with Gasteiger partial charge >= 0.3 is 0 Å². The summed E-state index contributed by atoms with van der Waals surface area (Å²) in [5, 5.41) is 34.1. The fourth-order valence-electron chi connectivity index (χ4n) is 5.71. The third kappa shape index (κ3) is 9.00. The Bertz CT molecular complexity index is 1850. The summed E-state index contributed by atoms with van der Waals surface area (Å²) in [6, 6.07) is 33.5. The molecule has 4 N–H and O–H groups in total. The monoisotopic (exact) mass is 694 g/mol. The van der Waals surface area contributed by atoms with E-state index < -0.39 is 12.2 Å². The lowest BCUT2D eigenvalue weighted by molar-refractivity contribution is -0.245. The highest BCUT2D eigenvalue weighted by molar-refractivity contribution is 7.99. The van der Waals surface area contributed by atoms with E-state index in [1.165, 1.54) is 11.8 Å². The van der Waals surface area contributed by atoms with Crippen LogP contribution in [0.15, 0.2) is 108 Å². The van der Waals surface area contributed by atoms with Gasteiger partial charge in [-0.2, -0.15) is 4.68 Å². The van der Waals surface area contributed by atoms with Gasteiger partial charge in [0.25, 0.3) is 0 Å². The van der Waals surface area contributed by atoms with Crippen molar-refractivity contribution >= 4 is 23.6 Å². The van der Waals surface area contributed by atoms with E-state index in [0.717, 1.165) is 39.1 Å². The zero-order chi connectivity index (χ0) is 34.7. The van der Waals surface area contributed by atoms with Gasteiger partial charge in [0.05, 0.1) is 24.5 Å². The minimum Gasteiger partial charge on any atom is -0.392 e. The minimum absolute atomic E-state index is 0.0275. The maximum atomic E-state index is 12.4. The van der Waals surface area contributed by atoms with Gasteiger partial charge in [0.2, 0.25) is 17.0 Å². The molecule has 12 nitrogen and oxygen atoms in total. The Morgan fingerprint density at radius 2 is 1.58 bits per heavy atom. The molecule has 0 saturated carbocycles. The Hall–Kier alpha value is -4.92. The summed E-state index contributed by atoms with van der Waals surface area (Å²) in [6.45, 7) is 0.307. The van der Waals surface area contributed by atoms with Gasteiger partial charge in [-0.25, -0.2) is 5.48 Å². The summed E-state index contributed by atoms with van der Waals surface area (Å²) in [6.07, 6.45) is 0.185. The molecule has 258 valence electrons. The number of ether oxygens (including phenoxy) is 2. The van der Waals surface area contributed by atoms with Crippen LogP contribution in [-0.4, -0.2) is 54.2 Å². The molecule has 0 bridgehead atoms. The molecule has 6 rings (SSSR count). The largest absolute Gasteiger partial charge is 0.392 e. The number of nitrogens with one attached hydrogen (secondary N) is 2. The molecular weight excluding hydrogens is 657 g/mol. The fraction of sp³-hybridized carbons (Fsp3) is 0.270. The average Bonchev–Trinajstić information content (AvgIpc) is 3.65. The van der Waals surface area contributed by atoms with Gasteiger partial charge in [0.15, 0.2) is 6.29 Å². The first-order valence-electron chi connectivity index (χ1n) is 16.4. The number of rotatable bonds is 14. The molecule has 0 radical (unpaired) electrons. The lowest BCUT2D eigenvalue weighted by Gasteiger charge is -2.36. The molecule has 3 atom stereocenters. The second-order valence-corrected chi connectivity index (χ2v) is 12.8. The average molecular weight is 695 g/mol. The zero-order valence-electron chi connectivity index (χ0n) is 27.2. The SMILES string of the molecule is O=C(CCCC(=O)NCc1ccccc1-c1ccc([C@H]2O[C@@H](CSc3nnnn3-c3ccccc3)C[C@@H](c3ccc(CO)cc3)O2)cc1)NO. The van der Waals surface area contributed by atoms with Crippen LogP contribution < -0.4 is 10.8 Å². The smallest absolute Gasteiger partial charge is 0.243 e. The summed E-state index contributed by atoms with van der Waals surface area (Å²) in [5.74, 6) is -0.0826. The Kier molecular flexibility index (Phi) is 12.0. The second-order valence-electron chi connectivity index (χ2n) is 11.8. The number of hydroxylamine groups is 1. The van der Waals surface area contributed by atoms with Crippen LogP contribution in [0, 0.1) is 0 Å². The molecule has 1 aromatic heterocycles. The number of hydrogen-bond acceptors (Lipinski definition) is 10. The predicted molar refractivity (Wildman–Crippen MR) is 186 cm³/mol. The molecule has 13 heteroatoms. The highest BCUT2D eigenvalue weighted by atomic mass is 32.2. The third-order valence-electron chi connectivity index (χ3n) is 8.37. The van der Waals surface area contributed by atoms with E-state index in [1.807, 2.05) is 103 Å². The van der Waals surface area contributed by atoms with Crippen LogP contribution in [0.3, 0.4) is 0 Å². The Morgan fingerprint density at radius 1 is 0.860 bits per heavy atom. The van der Waals surface area contributed by atoms with Gasteiger partial charge in [0, 0.05) is 37.1 Å². The number of amides is 2. The Labute approximate surface area is 293 Å². The van der Waals surface area contributed by atoms with E-state index in [2.05, 4.69) is 20.8 Å². The quantitative estimate of drug-likeness (QED) is 0.0669. The standard InChI is InChI=1S/C37H38N6O6S/c44-23-25-13-15-27(16-14-25)33-21-31(24-50-37-39-41-42-43(37)30-8-2-1-3-9-30)48-36(49-33)28-19-17-26(18-20-28)32-10-5-4-7-29(32)22-38-34(45)11-6-12-35(46)40-47/h1-5,7-10,13-20,31,33,36,44,47H,6,11-12,21-24H2,(H,38,45)(H,40,46)/t31-,33+,36+/m1/s1. The van der Waals surface area contributed by atoms with Crippen LogP contribution in [0.4, 0.5) is 0 Å². The number of thioether (sulfide) groups is 1. The van der Waals surface area contributed by atoms with Crippen molar-refractivity contribution in [1.82, 2.24) is 31.0 Å². The van der Waals surface area contributed by atoms with Crippen molar-refractivity contribution in [2.45, 2.75) is 62.5 Å². The van der Waals surface area contributed by atoms with Gasteiger partial charge in [0.1, 0.15) is 0 Å². The van der Waals surface area contributed by atoms with E-state index in [-0.39, 0.29) is 37.6 Å². The number of carbonyl (C=O) groups excluding carboxylic acids is 2. The minimum atomic E-state index is -0.626. The molecule has 1 saturated heterocycles. The first-order chi connectivity index (χ1) is 24.5. The lowest BCUT2D eigenvalue weighted by atomic mass is 9.97. The normalized spacial score (nSPS) is 17.3. The van der Waals surface area contributed by atoms with Crippen molar-refractivity contribution in [1.29, 1.82) is 0 Å². The first kappa shape index (κ1) is 34.9. The van der Waals surface area contributed by atoms with Crippen LogP contribution in [-0.2, 0) is 32.2 Å². The van der Waals surface area contributed by atoms with Gasteiger partial charge in [-0.05, 0) is 56.8 Å². The van der Waals surface area contributed by atoms with Crippen molar-refractivity contribution in [3.05, 3.63) is 125 Å². The Morgan fingerprint density at radius 3 is 2.34 bits per heavy atom. The molecule has 4 aromatic carbocycles. The number of aliphatic hydroxyl groups is 1. The summed E-state index contributed by atoms with van der Waals surface area (Å²) in [7, 11) is 0. The summed E-state index contributed by atoms with van der Waals surface area (Å²) >= 11 is 1.53. The maximum absolute atomic E-state index is 12.4. The topological polar surface area (TPSA) is 161 Å². The van der Waals surface area contributed by atoms with Crippen molar-refractivity contribution in [3.8, 4) is 16.8 Å². The second kappa shape index (κ2) is 17.1. The summed E-state index contributed by atoms with van der Waals surface area (Å²) < 4.78 is 14.8. The number of aromatic nitrogens is 4.